The molecule has 6 rings (SSSR count). The van der Waals surface area contributed by atoms with Crippen LogP contribution in [0.5, 0.6) is 5.88 Å². The lowest BCUT2D eigenvalue weighted by Gasteiger charge is -2.51. The van der Waals surface area contributed by atoms with Crippen molar-refractivity contribution < 1.29 is 23.8 Å². The lowest BCUT2D eigenvalue weighted by Crippen LogP contribution is -2.72. The van der Waals surface area contributed by atoms with Gasteiger partial charge in [-0.05, 0) is 50.5 Å². The molecule has 1 aromatic heterocycles. The van der Waals surface area contributed by atoms with Crippen LogP contribution in [0.25, 0.3) is 0 Å². The van der Waals surface area contributed by atoms with Crippen molar-refractivity contribution in [3.8, 4) is 5.88 Å². The molecule has 2 atom stereocenters. The number of ether oxygens (including phenoxy) is 3. The zero-order valence-electron chi connectivity index (χ0n) is 17.2. The molecule has 1 N–H and O–H groups in total. The third kappa shape index (κ3) is 3.67. The minimum Gasteiger partial charge on any atom is -0.467 e. The van der Waals surface area contributed by atoms with E-state index in [1.807, 2.05) is 11.0 Å². The Kier molecular flexibility index (Phi) is 5.37. The van der Waals surface area contributed by atoms with E-state index < -0.39 is 5.54 Å². The van der Waals surface area contributed by atoms with Crippen LogP contribution >= 0.6 is 0 Å². The summed E-state index contributed by atoms with van der Waals surface area (Å²) in [5.74, 6) is 0.704. The molecule has 0 aromatic carbocycles. The van der Waals surface area contributed by atoms with Crippen LogP contribution in [0.3, 0.4) is 0 Å². The maximum atomic E-state index is 13.2. The van der Waals surface area contributed by atoms with E-state index in [-0.39, 0.29) is 37.2 Å². The van der Waals surface area contributed by atoms with Crippen LogP contribution in [0, 0.1) is 0 Å². The van der Waals surface area contributed by atoms with Crippen LogP contribution in [0.4, 0.5) is 0 Å². The molecule has 1 aromatic rings. The molecular formula is C22H29N3O5. The number of carbonyl (C=O) groups excluding carboxylic acids is 2. The maximum absolute atomic E-state index is 13.2. The molecule has 1 spiro atoms. The highest BCUT2D eigenvalue weighted by atomic mass is 16.5. The number of pyridine rings is 1. The van der Waals surface area contributed by atoms with Gasteiger partial charge in [0, 0.05) is 18.3 Å². The molecule has 2 bridgehead atoms. The first-order valence-corrected chi connectivity index (χ1v) is 11.0. The molecule has 5 heterocycles. The molecule has 1 aliphatic carbocycles. The summed E-state index contributed by atoms with van der Waals surface area (Å²) in [4.78, 5) is 31.6. The monoisotopic (exact) mass is 415 g/mol. The number of piperidine rings is 1. The Morgan fingerprint density at radius 3 is 2.87 bits per heavy atom. The summed E-state index contributed by atoms with van der Waals surface area (Å²) in [5.41, 5.74) is 0.485. The number of fused-ring (bicyclic) bond motifs is 5. The van der Waals surface area contributed by atoms with Crippen molar-refractivity contribution in [2.24, 2.45) is 0 Å². The van der Waals surface area contributed by atoms with E-state index in [0.717, 1.165) is 44.1 Å². The second-order valence-electron chi connectivity index (χ2n) is 8.90. The topological polar surface area (TPSA) is 90.0 Å². The standard InChI is InChI=1S/C22H29N3O5/c26-19-12-28-14-22(24-19)8-2-10-25-18(22)11-29-16-6-4-15(5-7-16)17-3-1-9-23-21(17)30-13-20(25)27/h1,3,9,15-16,18H,2,4-8,10-14H2,(H,24,26)/t15?,16?,18-,22+/m1/s1. The zero-order chi connectivity index (χ0) is 20.6. The van der Waals surface area contributed by atoms with E-state index in [4.69, 9.17) is 14.2 Å². The second kappa shape index (κ2) is 8.15. The average molecular weight is 415 g/mol. The van der Waals surface area contributed by atoms with Crippen molar-refractivity contribution in [2.75, 3.05) is 33.0 Å². The Morgan fingerprint density at radius 1 is 1.17 bits per heavy atom. The molecular weight excluding hydrogens is 386 g/mol. The molecule has 2 saturated heterocycles. The fourth-order valence-electron chi connectivity index (χ4n) is 5.54. The van der Waals surface area contributed by atoms with E-state index >= 15 is 0 Å². The normalized spacial score (nSPS) is 34.7. The minimum atomic E-state index is -0.600. The molecule has 5 aliphatic rings. The number of hydrogen-bond acceptors (Lipinski definition) is 6. The van der Waals surface area contributed by atoms with Gasteiger partial charge in [-0.1, -0.05) is 6.07 Å². The van der Waals surface area contributed by atoms with Gasteiger partial charge >= 0.3 is 0 Å². The van der Waals surface area contributed by atoms with Gasteiger partial charge in [0.2, 0.25) is 11.8 Å². The van der Waals surface area contributed by atoms with Crippen LogP contribution < -0.4 is 10.1 Å². The van der Waals surface area contributed by atoms with Gasteiger partial charge in [0.05, 0.1) is 30.9 Å². The third-order valence-electron chi connectivity index (χ3n) is 7.07. The molecule has 0 radical (unpaired) electrons. The molecule has 1 saturated carbocycles. The van der Waals surface area contributed by atoms with Gasteiger partial charge in [-0.2, -0.15) is 0 Å². The van der Waals surface area contributed by atoms with Gasteiger partial charge in [0.25, 0.3) is 5.91 Å². The fraction of sp³-hybridized carbons (Fsp3) is 0.682. The van der Waals surface area contributed by atoms with Crippen molar-refractivity contribution in [3.05, 3.63) is 23.9 Å². The number of amides is 2. The van der Waals surface area contributed by atoms with Crippen molar-refractivity contribution >= 4 is 11.8 Å². The first kappa shape index (κ1) is 19.8. The van der Waals surface area contributed by atoms with Crippen molar-refractivity contribution in [3.63, 3.8) is 0 Å². The van der Waals surface area contributed by atoms with Crippen molar-refractivity contribution in [1.82, 2.24) is 15.2 Å². The molecule has 162 valence electrons. The Morgan fingerprint density at radius 2 is 2.03 bits per heavy atom. The van der Waals surface area contributed by atoms with Gasteiger partial charge in [-0.25, -0.2) is 4.98 Å². The van der Waals surface area contributed by atoms with Crippen molar-refractivity contribution in [2.45, 2.75) is 62.1 Å². The smallest absolute Gasteiger partial charge is 0.260 e. The maximum Gasteiger partial charge on any atom is 0.260 e. The minimum absolute atomic E-state index is 0.0679. The first-order chi connectivity index (χ1) is 14.6. The van der Waals surface area contributed by atoms with Crippen LogP contribution in [0.15, 0.2) is 18.3 Å². The largest absolute Gasteiger partial charge is 0.467 e. The summed E-state index contributed by atoms with van der Waals surface area (Å²) in [5, 5.41) is 3.14. The molecule has 0 unspecified atom stereocenters. The van der Waals surface area contributed by atoms with Crippen molar-refractivity contribution in [1.29, 1.82) is 0 Å². The number of rotatable bonds is 0. The Balaban J connectivity index is 1.46. The second-order valence-corrected chi connectivity index (χ2v) is 8.90. The highest BCUT2D eigenvalue weighted by Gasteiger charge is 2.49. The lowest BCUT2D eigenvalue weighted by molar-refractivity contribution is -0.156. The summed E-state index contributed by atoms with van der Waals surface area (Å²) < 4.78 is 17.9. The lowest BCUT2D eigenvalue weighted by atomic mass is 9.80. The van der Waals surface area contributed by atoms with E-state index in [1.165, 1.54) is 0 Å². The zero-order valence-corrected chi connectivity index (χ0v) is 17.2. The van der Waals surface area contributed by atoms with Gasteiger partial charge in [-0.15, -0.1) is 0 Å². The van der Waals surface area contributed by atoms with E-state index in [2.05, 4.69) is 16.4 Å². The Bertz CT molecular complexity index is 806. The molecule has 8 nitrogen and oxygen atoms in total. The number of nitrogens with zero attached hydrogens (tertiary/aromatic N) is 2. The summed E-state index contributed by atoms with van der Waals surface area (Å²) in [6.45, 7) is 1.42. The number of carbonyl (C=O) groups is 2. The third-order valence-corrected chi connectivity index (χ3v) is 7.07. The van der Waals surface area contributed by atoms with E-state index in [1.54, 1.807) is 6.20 Å². The number of nitrogens with one attached hydrogen (secondary N) is 1. The fourth-order valence-corrected chi connectivity index (χ4v) is 5.54. The molecule has 4 aliphatic heterocycles. The number of aromatic nitrogens is 1. The Hall–Kier alpha value is -2.19. The SMILES string of the molecule is O=C1COC[C@]2(CCCN3C(=O)COc4ncccc4C4CCC(CC4)OC[C@@H]32)N1. The van der Waals surface area contributed by atoms with Gasteiger partial charge in [-0.3, -0.25) is 9.59 Å². The molecule has 30 heavy (non-hydrogen) atoms. The average Bonchev–Trinajstić information content (AvgIpc) is 2.78. The van der Waals surface area contributed by atoms with Gasteiger partial charge in [0.15, 0.2) is 6.61 Å². The molecule has 8 heteroatoms. The van der Waals surface area contributed by atoms with Crippen LogP contribution in [-0.2, 0) is 19.1 Å². The highest BCUT2D eigenvalue weighted by molar-refractivity contribution is 5.81. The molecule has 2 amide bonds. The predicted octanol–water partition coefficient (Wildman–Crippen LogP) is 1.39. The van der Waals surface area contributed by atoms with Gasteiger partial charge in [0.1, 0.15) is 6.61 Å². The Labute approximate surface area is 176 Å². The van der Waals surface area contributed by atoms with Gasteiger partial charge < -0.3 is 24.4 Å². The quantitative estimate of drug-likeness (QED) is 0.689. The number of morpholine rings is 1. The highest BCUT2D eigenvalue weighted by Crippen LogP contribution is 2.39. The summed E-state index contributed by atoms with van der Waals surface area (Å²) in [7, 11) is 0. The van der Waals surface area contributed by atoms with Crippen LogP contribution in [0.1, 0.15) is 50.0 Å². The summed E-state index contributed by atoms with van der Waals surface area (Å²) in [6, 6.07) is 3.72. The van der Waals surface area contributed by atoms with E-state index in [9.17, 15) is 9.59 Å². The summed E-state index contributed by atoms with van der Waals surface area (Å²) in [6.07, 6.45) is 7.41. The van der Waals surface area contributed by atoms with Crippen LogP contribution in [-0.4, -0.2) is 72.4 Å². The predicted molar refractivity (Wildman–Crippen MR) is 107 cm³/mol. The number of hydrogen-bond donors (Lipinski definition) is 1. The summed E-state index contributed by atoms with van der Waals surface area (Å²) >= 11 is 0. The van der Waals surface area contributed by atoms with Crippen LogP contribution in [0.2, 0.25) is 0 Å². The first-order valence-electron chi connectivity index (χ1n) is 11.0. The van der Waals surface area contributed by atoms with E-state index in [0.29, 0.717) is 31.6 Å². The molecule has 3 fully saturated rings.